The molecule has 0 aliphatic heterocycles. The monoisotopic (exact) mass is 295 g/mol. The van der Waals surface area contributed by atoms with E-state index in [0.29, 0.717) is 18.8 Å². The summed E-state index contributed by atoms with van der Waals surface area (Å²) in [4.78, 5) is 24.2. The average molecular weight is 295 g/mol. The van der Waals surface area contributed by atoms with Gasteiger partial charge in [0.05, 0.1) is 17.6 Å². The van der Waals surface area contributed by atoms with Gasteiger partial charge in [-0.05, 0) is 26.0 Å². The van der Waals surface area contributed by atoms with Crippen LogP contribution in [-0.2, 0) is 4.74 Å². The maximum absolute atomic E-state index is 12.2. The fraction of sp³-hybridized carbons (Fsp3) is 0.500. The van der Waals surface area contributed by atoms with E-state index in [-0.39, 0.29) is 23.3 Å². The lowest BCUT2D eigenvalue weighted by Crippen LogP contribution is -2.30. The molecule has 1 amide bonds. The van der Waals surface area contributed by atoms with Gasteiger partial charge in [0, 0.05) is 32.3 Å². The SMILES string of the molecule is CNc1ccc(C(=O)N(C)CCOC(C)C)cc1[N+](=O)[O-]. The van der Waals surface area contributed by atoms with E-state index in [9.17, 15) is 14.9 Å². The van der Waals surface area contributed by atoms with Gasteiger partial charge in [0.25, 0.3) is 11.6 Å². The van der Waals surface area contributed by atoms with Crippen molar-refractivity contribution in [1.29, 1.82) is 0 Å². The third-order valence-electron chi connectivity index (χ3n) is 2.94. The van der Waals surface area contributed by atoms with Gasteiger partial charge < -0.3 is 15.0 Å². The third kappa shape index (κ3) is 4.71. The van der Waals surface area contributed by atoms with E-state index in [1.165, 1.54) is 17.0 Å². The minimum absolute atomic E-state index is 0.101. The number of hydrogen-bond acceptors (Lipinski definition) is 5. The van der Waals surface area contributed by atoms with Gasteiger partial charge in [0.2, 0.25) is 0 Å². The third-order valence-corrected chi connectivity index (χ3v) is 2.94. The Hall–Kier alpha value is -2.15. The highest BCUT2D eigenvalue weighted by Gasteiger charge is 2.18. The van der Waals surface area contributed by atoms with Crippen LogP contribution in [0, 0.1) is 10.1 Å². The summed E-state index contributed by atoms with van der Waals surface area (Å²) in [6.45, 7) is 4.69. The highest BCUT2D eigenvalue weighted by molar-refractivity contribution is 5.95. The van der Waals surface area contributed by atoms with E-state index in [1.54, 1.807) is 20.2 Å². The van der Waals surface area contributed by atoms with Crippen LogP contribution in [0.4, 0.5) is 11.4 Å². The molecule has 1 N–H and O–H groups in total. The van der Waals surface area contributed by atoms with Gasteiger partial charge in [0.15, 0.2) is 0 Å². The number of benzene rings is 1. The van der Waals surface area contributed by atoms with Crippen molar-refractivity contribution >= 4 is 17.3 Å². The highest BCUT2D eigenvalue weighted by Crippen LogP contribution is 2.25. The van der Waals surface area contributed by atoms with Crippen LogP contribution in [0.5, 0.6) is 0 Å². The number of ether oxygens (including phenoxy) is 1. The number of amides is 1. The lowest BCUT2D eigenvalue weighted by atomic mass is 10.1. The smallest absolute Gasteiger partial charge is 0.293 e. The largest absolute Gasteiger partial charge is 0.383 e. The van der Waals surface area contributed by atoms with E-state index in [1.807, 2.05) is 13.8 Å². The molecule has 116 valence electrons. The quantitative estimate of drug-likeness (QED) is 0.615. The van der Waals surface area contributed by atoms with Crippen molar-refractivity contribution in [1.82, 2.24) is 4.90 Å². The van der Waals surface area contributed by atoms with Crippen LogP contribution in [0.2, 0.25) is 0 Å². The summed E-state index contributed by atoms with van der Waals surface area (Å²) in [5.41, 5.74) is 0.547. The molecule has 0 heterocycles. The number of nitro groups is 1. The predicted octanol–water partition coefficient (Wildman–Crippen LogP) is 2.13. The Bertz CT molecular complexity index is 517. The first-order chi connectivity index (χ1) is 9.86. The summed E-state index contributed by atoms with van der Waals surface area (Å²) in [5.74, 6) is -0.270. The van der Waals surface area contributed by atoms with E-state index in [2.05, 4.69) is 5.32 Å². The Kier molecular flexibility index (Phi) is 6.10. The maximum Gasteiger partial charge on any atom is 0.293 e. The molecule has 0 saturated carbocycles. The highest BCUT2D eigenvalue weighted by atomic mass is 16.6. The summed E-state index contributed by atoms with van der Waals surface area (Å²) in [6, 6.07) is 4.39. The summed E-state index contributed by atoms with van der Waals surface area (Å²) in [7, 11) is 3.24. The molecule has 0 aromatic heterocycles. The molecule has 1 rings (SSSR count). The molecule has 7 nitrogen and oxygen atoms in total. The Morgan fingerprint density at radius 2 is 2.14 bits per heavy atom. The number of nitrogens with zero attached hydrogens (tertiary/aromatic N) is 2. The Balaban J connectivity index is 2.82. The zero-order valence-corrected chi connectivity index (χ0v) is 12.8. The molecule has 1 aromatic rings. The second-order valence-electron chi connectivity index (χ2n) is 4.89. The first-order valence-corrected chi connectivity index (χ1v) is 6.70. The lowest BCUT2D eigenvalue weighted by Gasteiger charge is -2.18. The number of likely N-dealkylation sites (N-methyl/N-ethyl adjacent to an activating group) is 1. The molecule has 0 atom stereocenters. The fourth-order valence-electron chi connectivity index (χ4n) is 1.77. The van der Waals surface area contributed by atoms with E-state index < -0.39 is 4.92 Å². The number of nitrogens with one attached hydrogen (secondary N) is 1. The zero-order chi connectivity index (χ0) is 16.0. The van der Waals surface area contributed by atoms with Crippen LogP contribution in [0.1, 0.15) is 24.2 Å². The van der Waals surface area contributed by atoms with Gasteiger partial charge in [-0.2, -0.15) is 0 Å². The van der Waals surface area contributed by atoms with Gasteiger partial charge in [0.1, 0.15) is 5.69 Å². The Labute approximate surface area is 124 Å². The molecule has 0 aliphatic rings. The van der Waals surface area contributed by atoms with Gasteiger partial charge in [-0.25, -0.2) is 0 Å². The van der Waals surface area contributed by atoms with Gasteiger partial charge in [-0.3, -0.25) is 14.9 Å². The molecule has 0 spiro atoms. The van der Waals surface area contributed by atoms with Crippen LogP contribution in [0.25, 0.3) is 0 Å². The molecule has 0 saturated heterocycles. The maximum atomic E-state index is 12.2. The summed E-state index contributed by atoms with van der Waals surface area (Å²) in [5, 5.41) is 13.7. The van der Waals surface area contributed by atoms with Crippen molar-refractivity contribution in [2.24, 2.45) is 0 Å². The molecular formula is C14H21N3O4. The van der Waals surface area contributed by atoms with Gasteiger partial charge in [-0.15, -0.1) is 0 Å². The van der Waals surface area contributed by atoms with Crippen molar-refractivity contribution in [3.05, 3.63) is 33.9 Å². The standard InChI is InChI=1S/C14H21N3O4/c1-10(2)21-8-7-16(4)14(18)11-5-6-12(15-3)13(9-11)17(19)20/h5-6,9-10,15H,7-8H2,1-4H3. The zero-order valence-electron chi connectivity index (χ0n) is 12.8. The number of rotatable bonds is 7. The average Bonchev–Trinajstić information content (AvgIpc) is 2.45. The Morgan fingerprint density at radius 3 is 2.67 bits per heavy atom. The van der Waals surface area contributed by atoms with Crippen molar-refractivity contribution < 1.29 is 14.5 Å². The molecule has 0 bridgehead atoms. The van der Waals surface area contributed by atoms with Crippen LogP contribution in [0.15, 0.2) is 18.2 Å². The first-order valence-electron chi connectivity index (χ1n) is 6.70. The molecule has 0 fully saturated rings. The molecule has 0 aliphatic carbocycles. The summed E-state index contributed by atoms with van der Waals surface area (Å²) in [6.07, 6.45) is 0.101. The van der Waals surface area contributed by atoms with Crippen molar-refractivity contribution in [2.75, 3.05) is 32.6 Å². The number of carbonyl (C=O) groups excluding carboxylic acids is 1. The molecule has 21 heavy (non-hydrogen) atoms. The molecule has 0 radical (unpaired) electrons. The predicted molar refractivity (Wildman–Crippen MR) is 80.7 cm³/mol. The lowest BCUT2D eigenvalue weighted by molar-refractivity contribution is -0.384. The number of nitro benzene ring substituents is 1. The van der Waals surface area contributed by atoms with Crippen molar-refractivity contribution in [2.45, 2.75) is 20.0 Å². The second-order valence-corrected chi connectivity index (χ2v) is 4.89. The minimum atomic E-state index is -0.509. The van der Waals surface area contributed by atoms with E-state index in [4.69, 9.17) is 4.74 Å². The molecular weight excluding hydrogens is 274 g/mol. The van der Waals surface area contributed by atoms with Crippen LogP contribution >= 0.6 is 0 Å². The summed E-state index contributed by atoms with van der Waals surface area (Å²) < 4.78 is 5.38. The minimum Gasteiger partial charge on any atom is -0.383 e. The molecule has 0 unspecified atom stereocenters. The van der Waals surface area contributed by atoms with E-state index in [0.717, 1.165) is 0 Å². The number of carbonyl (C=O) groups is 1. The normalized spacial score (nSPS) is 10.5. The summed E-state index contributed by atoms with van der Waals surface area (Å²) >= 11 is 0. The fourth-order valence-corrected chi connectivity index (χ4v) is 1.77. The van der Waals surface area contributed by atoms with Crippen LogP contribution < -0.4 is 5.32 Å². The van der Waals surface area contributed by atoms with Crippen LogP contribution in [-0.4, -0.2) is 49.1 Å². The first kappa shape index (κ1) is 16.9. The topological polar surface area (TPSA) is 84.7 Å². The van der Waals surface area contributed by atoms with Crippen molar-refractivity contribution in [3.8, 4) is 0 Å². The number of hydrogen-bond donors (Lipinski definition) is 1. The van der Waals surface area contributed by atoms with Crippen molar-refractivity contribution in [3.63, 3.8) is 0 Å². The molecule has 1 aromatic carbocycles. The van der Waals surface area contributed by atoms with Gasteiger partial charge in [-0.1, -0.05) is 0 Å². The van der Waals surface area contributed by atoms with Crippen LogP contribution in [0.3, 0.4) is 0 Å². The van der Waals surface area contributed by atoms with Gasteiger partial charge >= 0.3 is 0 Å². The van der Waals surface area contributed by atoms with E-state index >= 15 is 0 Å². The molecule has 7 heteroatoms. The second kappa shape index (κ2) is 7.58. The Morgan fingerprint density at radius 1 is 1.48 bits per heavy atom. The number of anilines is 1.